The Morgan fingerprint density at radius 1 is 1.41 bits per heavy atom. The molecule has 1 rings (SSSR count). The van der Waals surface area contributed by atoms with E-state index in [1.807, 2.05) is 0 Å². The van der Waals surface area contributed by atoms with Crippen LogP contribution in [0, 0.1) is 0 Å². The van der Waals surface area contributed by atoms with E-state index in [0.29, 0.717) is 0 Å². The number of nitrogens with two attached hydrogens (primary N) is 1. The molecule has 17 heavy (non-hydrogen) atoms. The summed E-state index contributed by atoms with van der Waals surface area (Å²) in [6.45, 7) is -0.536. The van der Waals surface area contributed by atoms with Crippen molar-refractivity contribution in [1.82, 2.24) is 4.98 Å². The van der Waals surface area contributed by atoms with Crippen molar-refractivity contribution in [2.45, 2.75) is 19.1 Å². The summed E-state index contributed by atoms with van der Waals surface area (Å²) >= 11 is 0. The number of rotatable bonds is 3. The Balaban J connectivity index is 3.58. The van der Waals surface area contributed by atoms with E-state index in [1.54, 1.807) is 0 Å². The van der Waals surface area contributed by atoms with Crippen LogP contribution in [0.3, 0.4) is 0 Å². The van der Waals surface area contributed by atoms with Gasteiger partial charge in [-0.25, -0.2) is 13.8 Å². The van der Waals surface area contributed by atoms with Gasteiger partial charge in [0.15, 0.2) is 12.0 Å². The lowest BCUT2D eigenvalue weighted by Gasteiger charge is -2.15. The summed E-state index contributed by atoms with van der Waals surface area (Å²) in [6, 6.07) is 0.823. The van der Waals surface area contributed by atoms with Gasteiger partial charge in [0.1, 0.15) is 5.69 Å². The zero-order chi connectivity index (χ0) is 13.2. The highest BCUT2D eigenvalue weighted by atomic mass is 19.4. The van der Waals surface area contributed by atoms with Gasteiger partial charge in [-0.1, -0.05) is 0 Å². The fourth-order valence-corrected chi connectivity index (χ4v) is 1.32. The number of carbonyl (C=O) groups excluding carboxylic acids is 1. The molecule has 8 heteroatoms. The zero-order valence-electron chi connectivity index (χ0n) is 8.26. The van der Waals surface area contributed by atoms with Crippen molar-refractivity contribution in [2.24, 2.45) is 5.73 Å². The lowest BCUT2D eigenvalue weighted by atomic mass is 10.0. The SMILES string of the molecule is NCc1cc(C=O)nc(C(F)(F)F)c1C(F)F. The van der Waals surface area contributed by atoms with E-state index in [2.05, 4.69) is 4.98 Å². The molecule has 3 nitrogen and oxygen atoms in total. The number of hydrogen-bond donors (Lipinski definition) is 1. The Hall–Kier alpha value is -1.57. The smallest absolute Gasteiger partial charge is 0.326 e. The number of hydrogen-bond acceptors (Lipinski definition) is 3. The summed E-state index contributed by atoms with van der Waals surface area (Å²) in [4.78, 5) is 13.2. The number of aromatic nitrogens is 1. The molecular weight excluding hydrogens is 247 g/mol. The number of alkyl halides is 5. The highest BCUT2D eigenvalue weighted by molar-refractivity contribution is 5.72. The highest BCUT2D eigenvalue weighted by Gasteiger charge is 2.39. The largest absolute Gasteiger partial charge is 0.433 e. The van der Waals surface area contributed by atoms with Crippen molar-refractivity contribution in [3.05, 3.63) is 28.6 Å². The first kappa shape index (κ1) is 13.5. The maximum absolute atomic E-state index is 12.6. The monoisotopic (exact) mass is 254 g/mol. The maximum Gasteiger partial charge on any atom is 0.433 e. The summed E-state index contributed by atoms with van der Waals surface area (Å²) < 4.78 is 62.6. The summed E-state index contributed by atoms with van der Waals surface area (Å²) in [5.41, 5.74) is 1.02. The minimum atomic E-state index is -5.06. The zero-order valence-corrected chi connectivity index (χ0v) is 8.26. The van der Waals surface area contributed by atoms with E-state index in [4.69, 9.17) is 5.73 Å². The summed E-state index contributed by atoms with van der Waals surface area (Å²) in [5, 5.41) is 0. The molecule has 0 aliphatic heterocycles. The minimum Gasteiger partial charge on any atom is -0.326 e. The molecule has 1 aromatic heterocycles. The van der Waals surface area contributed by atoms with E-state index < -0.39 is 41.7 Å². The molecule has 0 saturated carbocycles. The molecule has 0 aliphatic carbocycles. The molecule has 1 heterocycles. The van der Waals surface area contributed by atoms with Crippen molar-refractivity contribution in [2.75, 3.05) is 0 Å². The second-order valence-corrected chi connectivity index (χ2v) is 3.09. The number of halogens is 5. The molecular formula is C9H7F5N2O. The fourth-order valence-electron chi connectivity index (χ4n) is 1.32. The third-order valence-corrected chi connectivity index (χ3v) is 1.99. The molecule has 0 aliphatic rings. The number of nitrogens with zero attached hydrogens (tertiary/aromatic N) is 1. The second kappa shape index (κ2) is 4.74. The van der Waals surface area contributed by atoms with Gasteiger partial charge in [-0.05, 0) is 11.6 Å². The Labute approximate surface area is 92.4 Å². The molecule has 94 valence electrons. The predicted molar refractivity (Wildman–Crippen MR) is 47.5 cm³/mol. The van der Waals surface area contributed by atoms with Crippen LogP contribution in [0.4, 0.5) is 22.0 Å². The molecule has 2 N–H and O–H groups in total. The van der Waals surface area contributed by atoms with E-state index >= 15 is 0 Å². The van der Waals surface area contributed by atoms with Gasteiger partial charge in [-0.2, -0.15) is 13.2 Å². The van der Waals surface area contributed by atoms with Crippen LogP contribution in [-0.4, -0.2) is 11.3 Å². The first-order valence-corrected chi connectivity index (χ1v) is 4.35. The van der Waals surface area contributed by atoms with Crippen LogP contribution in [0.5, 0.6) is 0 Å². The van der Waals surface area contributed by atoms with Crippen LogP contribution < -0.4 is 5.73 Å². The standard InChI is InChI=1S/C9H7F5N2O/c10-8(11)6-4(2-15)1-5(3-17)16-7(6)9(12,13)14/h1,3,8H,2,15H2. The van der Waals surface area contributed by atoms with Crippen molar-refractivity contribution >= 4 is 6.29 Å². The predicted octanol–water partition coefficient (Wildman–Crippen LogP) is 2.31. The van der Waals surface area contributed by atoms with Gasteiger partial charge in [-0.15, -0.1) is 0 Å². The van der Waals surface area contributed by atoms with Crippen LogP contribution >= 0.6 is 0 Å². The average Bonchev–Trinajstić information content (AvgIpc) is 2.25. The lowest BCUT2D eigenvalue weighted by molar-refractivity contribution is -0.143. The van der Waals surface area contributed by atoms with Gasteiger partial charge in [0, 0.05) is 6.54 Å². The normalized spacial score (nSPS) is 11.9. The van der Waals surface area contributed by atoms with E-state index in [-0.39, 0.29) is 6.29 Å². The van der Waals surface area contributed by atoms with Gasteiger partial charge in [0.25, 0.3) is 6.43 Å². The van der Waals surface area contributed by atoms with Crippen LogP contribution in [0.2, 0.25) is 0 Å². The third-order valence-electron chi connectivity index (χ3n) is 1.99. The van der Waals surface area contributed by atoms with E-state index in [9.17, 15) is 26.7 Å². The van der Waals surface area contributed by atoms with Gasteiger partial charge >= 0.3 is 6.18 Å². The lowest BCUT2D eigenvalue weighted by Crippen LogP contribution is -2.17. The van der Waals surface area contributed by atoms with Crippen LogP contribution in [0.15, 0.2) is 6.07 Å². The molecule has 0 atom stereocenters. The number of pyridine rings is 1. The van der Waals surface area contributed by atoms with Crippen molar-refractivity contribution in [1.29, 1.82) is 0 Å². The molecule has 0 bridgehead atoms. The molecule has 0 unspecified atom stereocenters. The van der Waals surface area contributed by atoms with Crippen molar-refractivity contribution in [3.8, 4) is 0 Å². The molecule has 0 fully saturated rings. The summed E-state index contributed by atoms with van der Waals surface area (Å²) in [7, 11) is 0. The minimum absolute atomic E-state index is 0.0453. The van der Waals surface area contributed by atoms with Crippen LogP contribution in [-0.2, 0) is 12.7 Å². The quantitative estimate of drug-likeness (QED) is 0.665. The molecule has 1 aromatic rings. The fraction of sp³-hybridized carbons (Fsp3) is 0.333. The number of aldehydes is 1. The third kappa shape index (κ3) is 2.76. The van der Waals surface area contributed by atoms with E-state index in [1.165, 1.54) is 0 Å². The Kier molecular flexibility index (Phi) is 3.76. The van der Waals surface area contributed by atoms with Gasteiger partial charge in [0.05, 0.1) is 5.56 Å². The molecule has 0 spiro atoms. The van der Waals surface area contributed by atoms with Gasteiger partial charge in [0.2, 0.25) is 0 Å². The van der Waals surface area contributed by atoms with E-state index in [0.717, 1.165) is 6.07 Å². The van der Waals surface area contributed by atoms with Crippen LogP contribution in [0.25, 0.3) is 0 Å². The Morgan fingerprint density at radius 2 is 2.00 bits per heavy atom. The molecule has 0 aromatic carbocycles. The van der Waals surface area contributed by atoms with Gasteiger partial charge in [-0.3, -0.25) is 4.79 Å². The maximum atomic E-state index is 12.6. The topological polar surface area (TPSA) is 56.0 Å². The first-order chi connectivity index (χ1) is 7.81. The first-order valence-electron chi connectivity index (χ1n) is 4.35. The second-order valence-electron chi connectivity index (χ2n) is 3.09. The van der Waals surface area contributed by atoms with Crippen LogP contribution in [0.1, 0.15) is 33.7 Å². The van der Waals surface area contributed by atoms with Crippen molar-refractivity contribution in [3.63, 3.8) is 0 Å². The highest BCUT2D eigenvalue weighted by Crippen LogP contribution is 2.36. The molecule has 0 saturated heterocycles. The van der Waals surface area contributed by atoms with Crippen molar-refractivity contribution < 1.29 is 26.7 Å². The summed E-state index contributed by atoms with van der Waals surface area (Å²) in [6.07, 6.45) is -8.38. The summed E-state index contributed by atoms with van der Waals surface area (Å²) in [5.74, 6) is 0. The Bertz CT molecular complexity index is 430. The number of carbonyl (C=O) groups is 1. The molecule has 0 radical (unpaired) electrons. The average molecular weight is 254 g/mol. The van der Waals surface area contributed by atoms with Gasteiger partial charge < -0.3 is 5.73 Å². The Morgan fingerprint density at radius 3 is 2.35 bits per heavy atom. The molecule has 0 amide bonds.